The molecule has 1 aromatic carbocycles. The lowest BCUT2D eigenvalue weighted by Gasteiger charge is -2.32. The number of nitrogens with zero attached hydrogens (tertiary/aromatic N) is 1. The maximum atomic E-state index is 12.5. The zero-order chi connectivity index (χ0) is 14.5. The minimum absolute atomic E-state index is 0.0212. The SMILES string of the molecule is O=C(c1cc(Br)ccc1Cl)N1CCC(OCCCl)CC1. The predicted molar refractivity (Wildman–Crippen MR) is 84.7 cm³/mol. The van der Waals surface area contributed by atoms with Crippen molar-refractivity contribution in [3.05, 3.63) is 33.3 Å². The molecule has 1 amide bonds. The van der Waals surface area contributed by atoms with E-state index in [4.69, 9.17) is 27.9 Å². The first-order chi connectivity index (χ1) is 9.61. The van der Waals surface area contributed by atoms with Crippen LogP contribution < -0.4 is 0 Å². The first-order valence-corrected chi connectivity index (χ1v) is 8.24. The number of carbonyl (C=O) groups is 1. The number of hydrogen-bond donors (Lipinski definition) is 0. The number of alkyl halides is 1. The number of rotatable bonds is 4. The molecule has 1 aromatic rings. The zero-order valence-corrected chi connectivity index (χ0v) is 14.0. The number of hydrogen-bond acceptors (Lipinski definition) is 2. The number of benzene rings is 1. The van der Waals surface area contributed by atoms with Gasteiger partial charge < -0.3 is 9.64 Å². The molecule has 0 N–H and O–H groups in total. The van der Waals surface area contributed by atoms with Crippen LogP contribution in [-0.2, 0) is 4.74 Å². The van der Waals surface area contributed by atoms with Gasteiger partial charge in [-0.25, -0.2) is 0 Å². The fourth-order valence-corrected chi connectivity index (χ4v) is 2.92. The average Bonchev–Trinajstić information content (AvgIpc) is 2.47. The molecule has 1 aliphatic heterocycles. The lowest BCUT2D eigenvalue weighted by Crippen LogP contribution is -2.41. The second-order valence-electron chi connectivity index (χ2n) is 4.68. The smallest absolute Gasteiger partial charge is 0.255 e. The van der Waals surface area contributed by atoms with Crippen molar-refractivity contribution in [1.29, 1.82) is 0 Å². The molecule has 2 rings (SSSR count). The van der Waals surface area contributed by atoms with Crippen LogP contribution in [-0.4, -0.2) is 42.5 Å². The number of halogens is 3. The van der Waals surface area contributed by atoms with Gasteiger partial charge in [-0.2, -0.15) is 0 Å². The molecule has 0 atom stereocenters. The number of amides is 1. The lowest BCUT2D eigenvalue weighted by atomic mass is 10.1. The van der Waals surface area contributed by atoms with Crippen LogP contribution >= 0.6 is 39.1 Å². The molecule has 0 saturated carbocycles. The summed E-state index contributed by atoms with van der Waals surface area (Å²) in [6.07, 6.45) is 1.89. The maximum Gasteiger partial charge on any atom is 0.255 e. The average molecular weight is 381 g/mol. The number of ether oxygens (including phenoxy) is 1. The van der Waals surface area contributed by atoms with Gasteiger partial charge in [0.2, 0.25) is 0 Å². The van der Waals surface area contributed by atoms with Crippen LogP contribution in [0.2, 0.25) is 5.02 Å². The highest BCUT2D eigenvalue weighted by molar-refractivity contribution is 9.10. The Labute approximate surface area is 137 Å². The van der Waals surface area contributed by atoms with Crippen LogP contribution in [0.4, 0.5) is 0 Å². The molecule has 6 heteroatoms. The van der Waals surface area contributed by atoms with E-state index < -0.39 is 0 Å². The van der Waals surface area contributed by atoms with Gasteiger partial charge in [-0.05, 0) is 31.0 Å². The summed E-state index contributed by atoms with van der Waals surface area (Å²) in [4.78, 5) is 14.3. The van der Waals surface area contributed by atoms with E-state index in [1.165, 1.54) is 0 Å². The fraction of sp³-hybridized carbons (Fsp3) is 0.500. The van der Waals surface area contributed by atoms with E-state index in [0.29, 0.717) is 36.2 Å². The number of piperidine rings is 1. The van der Waals surface area contributed by atoms with Crippen molar-refractivity contribution in [2.75, 3.05) is 25.6 Å². The van der Waals surface area contributed by atoms with Crippen LogP contribution in [0.15, 0.2) is 22.7 Å². The first kappa shape index (κ1) is 16.1. The van der Waals surface area contributed by atoms with Gasteiger partial charge in [0.25, 0.3) is 5.91 Å². The van der Waals surface area contributed by atoms with E-state index in [2.05, 4.69) is 15.9 Å². The largest absolute Gasteiger partial charge is 0.377 e. The Morgan fingerprint density at radius 3 is 2.75 bits per heavy atom. The molecule has 1 heterocycles. The molecule has 0 aliphatic carbocycles. The van der Waals surface area contributed by atoms with E-state index in [-0.39, 0.29) is 12.0 Å². The second-order valence-corrected chi connectivity index (χ2v) is 6.38. The topological polar surface area (TPSA) is 29.5 Å². The Hall–Kier alpha value is -0.290. The van der Waals surface area contributed by atoms with E-state index in [1.807, 2.05) is 11.0 Å². The second kappa shape index (κ2) is 7.64. The fourth-order valence-electron chi connectivity index (χ4n) is 2.27. The van der Waals surface area contributed by atoms with Gasteiger partial charge in [0.15, 0.2) is 0 Å². The Morgan fingerprint density at radius 2 is 2.10 bits per heavy atom. The van der Waals surface area contributed by atoms with Crippen molar-refractivity contribution >= 4 is 45.0 Å². The Balaban J connectivity index is 1.96. The summed E-state index contributed by atoms with van der Waals surface area (Å²) < 4.78 is 6.46. The molecule has 0 bridgehead atoms. The van der Waals surface area contributed by atoms with Crippen LogP contribution in [0.3, 0.4) is 0 Å². The van der Waals surface area contributed by atoms with E-state index >= 15 is 0 Å². The van der Waals surface area contributed by atoms with Crippen molar-refractivity contribution in [3.8, 4) is 0 Å². The van der Waals surface area contributed by atoms with Crippen LogP contribution in [0.5, 0.6) is 0 Å². The number of carbonyl (C=O) groups excluding carboxylic acids is 1. The third-order valence-electron chi connectivity index (χ3n) is 3.32. The van der Waals surface area contributed by atoms with Crippen LogP contribution in [0.1, 0.15) is 23.2 Å². The normalized spacial score (nSPS) is 16.4. The minimum Gasteiger partial charge on any atom is -0.377 e. The molecule has 1 aliphatic rings. The number of likely N-dealkylation sites (tertiary alicyclic amines) is 1. The highest BCUT2D eigenvalue weighted by Crippen LogP contribution is 2.24. The van der Waals surface area contributed by atoms with Gasteiger partial charge in [0.05, 0.1) is 23.3 Å². The highest BCUT2D eigenvalue weighted by atomic mass is 79.9. The minimum atomic E-state index is -0.0212. The monoisotopic (exact) mass is 379 g/mol. The lowest BCUT2D eigenvalue weighted by molar-refractivity contribution is 0.0154. The Bertz CT molecular complexity index is 476. The summed E-state index contributed by atoms with van der Waals surface area (Å²) in [5.74, 6) is 0.486. The third kappa shape index (κ3) is 4.10. The van der Waals surface area contributed by atoms with Crippen LogP contribution in [0, 0.1) is 0 Å². The highest BCUT2D eigenvalue weighted by Gasteiger charge is 2.25. The van der Waals surface area contributed by atoms with Crippen molar-refractivity contribution in [1.82, 2.24) is 4.90 Å². The van der Waals surface area contributed by atoms with Gasteiger partial charge >= 0.3 is 0 Å². The van der Waals surface area contributed by atoms with Crippen molar-refractivity contribution in [3.63, 3.8) is 0 Å². The summed E-state index contributed by atoms with van der Waals surface area (Å²) in [7, 11) is 0. The molecule has 0 spiro atoms. The van der Waals surface area contributed by atoms with Crippen molar-refractivity contribution in [2.45, 2.75) is 18.9 Å². The molecule has 0 radical (unpaired) electrons. The predicted octanol–water partition coefficient (Wildman–Crippen LogP) is 3.96. The van der Waals surface area contributed by atoms with Gasteiger partial charge in [0, 0.05) is 23.4 Å². The summed E-state index contributed by atoms with van der Waals surface area (Å²) >= 11 is 15.1. The standard InChI is InChI=1S/C14H16BrCl2NO2/c15-10-1-2-13(17)12(9-10)14(19)18-6-3-11(4-7-18)20-8-5-16/h1-2,9,11H,3-8H2. The molecule has 110 valence electrons. The molecule has 1 fully saturated rings. The van der Waals surface area contributed by atoms with Crippen molar-refractivity contribution < 1.29 is 9.53 Å². The summed E-state index contributed by atoms with van der Waals surface area (Å²) in [6, 6.07) is 5.32. The molecular weight excluding hydrogens is 365 g/mol. The van der Waals surface area contributed by atoms with E-state index in [1.54, 1.807) is 12.1 Å². The molecule has 0 aromatic heterocycles. The quantitative estimate of drug-likeness (QED) is 0.740. The molecule has 1 saturated heterocycles. The first-order valence-electron chi connectivity index (χ1n) is 6.53. The van der Waals surface area contributed by atoms with Crippen molar-refractivity contribution in [2.24, 2.45) is 0 Å². The van der Waals surface area contributed by atoms with Gasteiger partial charge in [-0.15, -0.1) is 11.6 Å². The summed E-state index contributed by atoms with van der Waals surface area (Å²) in [5, 5.41) is 0.485. The summed E-state index contributed by atoms with van der Waals surface area (Å²) in [6.45, 7) is 1.95. The van der Waals surface area contributed by atoms with E-state index in [9.17, 15) is 4.79 Å². The van der Waals surface area contributed by atoms with Gasteiger partial charge in [0.1, 0.15) is 0 Å². The van der Waals surface area contributed by atoms with Gasteiger partial charge in [-0.3, -0.25) is 4.79 Å². The summed E-state index contributed by atoms with van der Waals surface area (Å²) in [5.41, 5.74) is 0.543. The van der Waals surface area contributed by atoms with Gasteiger partial charge in [-0.1, -0.05) is 27.5 Å². The third-order valence-corrected chi connectivity index (χ3v) is 4.30. The zero-order valence-electron chi connectivity index (χ0n) is 10.9. The maximum absolute atomic E-state index is 12.5. The molecular formula is C14H16BrCl2NO2. The Kier molecular flexibility index (Phi) is 6.15. The molecule has 3 nitrogen and oxygen atoms in total. The van der Waals surface area contributed by atoms with Crippen LogP contribution in [0.25, 0.3) is 0 Å². The molecule has 20 heavy (non-hydrogen) atoms. The molecule has 0 unspecified atom stereocenters. The van der Waals surface area contributed by atoms with E-state index in [0.717, 1.165) is 17.3 Å². The Morgan fingerprint density at radius 1 is 1.40 bits per heavy atom.